The molecule has 0 radical (unpaired) electrons. The molecule has 1 amide bonds. The number of nitrogens with zero attached hydrogens (tertiary/aromatic N) is 1. The number of rotatable bonds is 12. The largest absolute Gasteiger partial charge is 0.493 e. The van der Waals surface area contributed by atoms with Crippen LogP contribution in [0.3, 0.4) is 0 Å². The molecule has 0 aliphatic carbocycles. The summed E-state index contributed by atoms with van der Waals surface area (Å²) in [6.07, 6.45) is 0.215. The summed E-state index contributed by atoms with van der Waals surface area (Å²) < 4.78 is 40.0. The number of aliphatic hydroxyl groups excluding tert-OH is 2. The van der Waals surface area contributed by atoms with E-state index in [4.69, 9.17) is 18.8 Å². The van der Waals surface area contributed by atoms with Gasteiger partial charge in [-0.25, -0.2) is 0 Å². The normalized spacial score (nSPS) is 13.7. The van der Waals surface area contributed by atoms with Crippen LogP contribution in [0.4, 0.5) is 0 Å². The lowest BCUT2D eigenvalue weighted by Crippen LogP contribution is -2.37. The summed E-state index contributed by atoms with van der Waals surface area (Å²) in [6, 6.07) is 8.88. The van der Waals surface area contributed by atoms with Crippen molar-refractivity contribution in [1.82, 2.24) is 15.2 Å². The van der Waals surface area contributed by atoms with E-state index in [2.05, 4.69) is 10.3 Å². The number of carbonyl (C=O) groups excluding carboxylic acids is 1. The average molecular weight is 570 g/mol. The van der Waals surface area contributed by atoms with Gasteiger partial charge in [-0.1, -0.05) is 6.92 Å². The second-order valence-electron chi connectivity index (χ2n) is 8.79. The minimum Gasteiger partial charge on any atom is -0.493 e. The summed E-state index contributed by atoms with van der Waals surface area (Å²) in [6.45, 7) is 3.78. The van der Waals surface area contributed by atoms with E-state index >= 15 is 0 Å². The number of likely N-dealkylation sites (N-methyl/N-ethyl adjacent to an activating group) is 1. The Labute approximate surface area is 227 Å². The number of aromatic amines is 1. The topological polar surface area (TPSA) is 150 Å². The highest BCUT2D eigenvalue weighted by molar-refractivity contribution is 7.86. The van der Waals surface area contributed by atoms with Crippen LogP contribution in [0.15, 0.2) is 30.3 Å². The number of aliphatic hydroxyl groups is 2. The zero-order chi connectivity index (χ0) is 26.7. The van der Waals surface area contributed by atoms with E-state index < -0.39 is 16.2 Å². The first-order valence-corrected chi connectivity index (χ1v) is 13.6. The van der Waals surface area contributed by atoms with E-state index in [0.717, 1.165) is 17.2 Å². The maximum atomic E-state index is 12.7. The molecule has 38 heavy (non-hydrogen) atoms. The van der Waals surface area contributed by atoms with E-state index in [1.807, 2.05) is 30.0 Å². The molecule has 2 heterocycles. The van der Waals surface area contributed by atoms with Crippen LogP contribution in [-0.4, -0.2) is 86.7 Å². The van der Waals surface area contributed by atoms with Crippen LogP contribution in [0.2, 0.25) is 0 Å². The summed E-state index contributed by atoms with van der Waals surface area (Å²) in [4.78, 5) is 17.9. The Morgan fingerprint density at radius 1 is 1.21 bits per heavy atom. The van der Waals surface area contributed by atoms with Gasteiger partial charge in [-0.2, -0.15) is 8.42 Å². The molecule has 1 atom stereocenters. The highest BCUT2D eigenvalue weighted by Crippen LogP contribution is 2.43. The fraction of sp³-hybridized carbons (Fsp3) is 0.400. The van der Waals surface area contributed by atoms with Crippen LogP contribution < -0.4 is 19.0 Å². The number of ether oxygens (including phenoxy) is 2. The number of benzene rings is 2. The molecule has 2 aromatic carbocycles. The molecule has 208 valence electrons. The first-order valence-electron chi connectivity index (χ1n) is 11.8. The van der Waals surface area contributed by atoms with Crippen LogP contribution >= 0.6 is 12.4 Å². The standard InChI is InChI=1S/C25H31N3O8S.ClH/c1-4-28(7-8-29)13-16(30)14-35-17-5-6-20-15(9-17)10-21(27-20)18-11-22(34-2)24(36-37(3,32)33)19-12-26-25(31)23(18)19;/h5-6,9-11,16,27,29-30H,4,7-8,12-14H2,1-3H3,(H,26,31);1H. The molecule has 1 aromatic heterocycles. The van der Waals surface area contributed by atoms with Gasteiger partial charge in [-0.05, 0) is 36.9 Å². The number of amides is 1. The van der Waals surface area contributed by atoms with Crippen LogP contribution in [0.5, 0.6) is 17.2 Å². The van der Waals surface area contributed by atoms with E-state index in [1.165, 1.54) is 7.11 Å². The molecule has 1 aliphatic heterocycles. The monoisotopic (exact) mass is 569 g/mol. The molecule has 13 heteroatoms. The van der Waals surface area contributed by atoms with Crippen molar-refractivity contribution < 1.29 is 37.1 Å². The minimum atomic E-state index is -3.85. The van der Waals surface area contributed by atoms with Gasteiger partial charge in [-0.3, -0.25) is 9.69 Å². The Bertz CT molecular complexity index is 1410. The third kappa shape index (κ3) is 6.51. The molecule has 11 nitrogen and oxygen atoms in total. The summed E-state index contributed by atoms with van der Waals surface area (Å²) in [5.74, 6) is 0.410. The van der Waals surface area contributed by atoms with Gasteiger partial charge in [-0.15, -0.1) is 12.4 Å². The van der Waals surface area contributed by atoms with Gasteiger partial charge < -0.3 is 34.2 Å². The van der Waals surface area contributed by atoms with Crippen LogP contribution in [0.1, 0.15) is 22.8 Å². The van der Waals surface area contributed by atoms with Gasteiger partial charge >= 0.3 is 10.1 Å². The number of hydrogen-bond acceptors (Lipinski definition) is 9. The second kappa shape index (κ2) is 12.2. The lowest BCUT2D eigenvalue weighted by Gasteiger charge is -2.22. The second-order valence-corrected chi connectivity index (χ2v) is 10.4. The summed E-state index contributed by atoms with van der Waals surface area (Å²) in [5.41, 5.74) is 2.69. The van der Waals surface area contributed by atoms with Crippen molar-refractivity contribution in [2.45, 2.75) is 19.6 Å². The van der Waals surface area contributed by atoms with E-state index in [0.29, 0.717) is 47.8 Å². The number of aromatic nitrogens is 1. The zero-order valence-electron chi connectivity index (χ0n) is 21.3. The van der Waals surface area contributed by atoms with Crippen molar-refractivity contribution in [3.63, 3.8) is 0 Å². The Balaban J connectivity index is 0.00000400. The number of fused-ring (bicyclic) bond motifs is 2. The van der Waals surface area contributed by atoms with Gasteiger partial charge in [0.2, 0.25) is 0 Å². The molecular weight excluding hydrogens is 538 g/mol. The van der Waals surface area contributed by atoms with Crippen LogP contribution in [0.25, 0.3) is 22.2 Å². The highest BCUT2D eigenvalue weighted by Gasteiger charge is 2.32. The van der Waals surface area contributed by atoms with E-state index in [-0.39, 0.29) is 49.6 Å². The molecule has 0 saturated carbocycles. The molecule has 4 N–H and O–H groups in total. The van der Waals surface area contributed by atoms with Crippen molar-refractivity contribution in [3.05, 3.63) is 41.5 Å². The number of carbonyl (C=O) groups is 1. The summed E-state index contributed by atoms with van der Waals surface area (Å²) in [5, 5.41) is 23.0. The van der Waals surface area contributed by atoms with Gasteiger partial charge in [0.15, 0.2) is 11.5 Å². The maximum Gasteiger partial charge on any atom is 0.306 e. The Morgan fingerprint density at radius 3 is 2.63 bits per heavy atom. The quantitative estimate of drug-likeness (QED) is 0.240. The summed E-state index contributed by atoms with van der Waals surface area (Å²) >= 11 is 0. The Hall–Kier alpha value is -3.03. The molecule has 4 rings (SSSR count). The van der Waals surface area contributed by atoms with Gasteiger partial charge in [0, 0.05) is 47.4 Å². The maximum absolute atomic E-state index is 12.7. The molecule has 0 spiro atoms. The third-order valence-corrected chi connectivity index (χ3v) is 6.58. The number of H-pyrrole nitrogens is 1. The molecule has 0 saturated heterocycles. The molecule has 3 aromatic rings. The predicted octanol–water partition coefficient (Wildman–Crippen LogP) is 1.90. The number of methoxy groups -OCH3 is 1. The first-order chi connectivity index (χ1) is 17.6. The molecule has 1 unspecified atom stereocenters. The Kier molecular flexibility index (Phi) is 9.49. The fourth-order valence-electron chi connectivity index (χ4n) is 4.39. The smallest absolute Gasteiger partial charge is 0.306 e. The Morgan fingerprint density at radius 2 is 1.97 bits per heavy atom. The van der Waals surface area contributed by atoms with Crippen LogP contribution in [0, 0.1) is 0 Å². The molecule has 0 fully saturated rings. The summed E-state index contributed by atoms with van der Waals surface area (Å²) in [7, 11) is -2.45. The fourth-order valence-corrected chi connectivity index (χ4v) is 4.88. The lowest BCUT2D eigenvalue weighted by atomic mass is 9.98. The average Bonchev–Trinajstić information content (AvgIpc) is 3.45. The van der Waals surface area contributed by atoms with Gasteiger partial charge in [0.05, 0.1) is 25.5 Å². The van der Waals surface area contributed by atoms with Crippen LogP contribution in [-0.2, 0) is 16.7 Å². The van der Waals surface area contributed by atoms with Crippen molar-refractivity contribution in [2.75, 3.05) is 46.2 Å². The van der Waals surface area contributed by atoms with Crippen molar-refractivity contribution in [2.24, 2.45) is 0 Å². The molecule has 1 aliphatic rings. The predicted molar refractivity (Wildman–Crippen MR) is 145 cm³/mol. The van der Waals surface area contributed by atoms with Gasteiger partial charge in [0.1, 0.15) is 18.5 Å². The number of hydrogen-bond donors (Lipinski definition) is 4. The van der Waals surface area contributed by atoms with Crippen molar-refractivity contribution in [1.29, 1.82) is 0 Å². The minimum absolute atomic E-state index is 0. The zero-order valence-corrected chi connectivity index (χ0v) is 22.9. The SMILES string of the molecule is CCN(CCO)CC(O)COc1ccc2[nH]c(-c3cc(OC)c(OS(C)(=O)=O)c4c3C(=O)NC4)cc2c1.Cl. The molecular formula is C25H32ClN3O8S. The highest BCUT2D eigenvalue weighted by atomic mass is 35.5. The lowest BCUT2D eigenvalue weighted by molar-refractivity contribution is 0.0638. The van der Waals surface area contributed by atoms with Crippen molar-refractivity contribution >= 4 is 39.3 Å². The van der Waals surface area contributed by atoms with E-state index in [9.17, 15) is 18.3 Å². The number of halogens is 1. The first kappa shape index (κ1) is 29.5. The van der Waals surface area contributed by atoms with Gasteiger partial charge in [0.25, 0.3) is 5.91 Å². The number of nitrogens with one attached hydrogen (secondary N) is 2. The van der Waals surface area contributed by atoms with Crippen molar-refractivity contribution in [3.8, 4) is 28.5 Å². The molecule has 0 bridgehead atoms. The van der Waals surface area contributed by atoms with E-state index in [1.54, 1.807) is 12.1 Å². The third-order valence-electron chi connectivity index (χ3n) is 6.11.